The Kier molecular flexibility index (Phi) is 6.54. The maximum atomic E-state index is 12.1. The summed E-state index contributed by atoms with van der Waals surface area (Å²) in [6, 6.07) is 7.49. The summed E-state index contributed by atoms with van der Waals surface area (Å²) >= 11 is 1.33. The molecule has 1 unspecified atom stereocenters. The number of carbonyl (C=O) groups excluding carboxylic acids is 3. The van der Waals surface area contributed by atoms with Crippen LogP contribution in [-0.2, 0) is 25.7 Å². The predicted molar refractivity (Wildman–Crippen MR) is 102 cm³/mol. The van der Waals surface area contributed by atoms with E-state index in [0.29, 0.717) is 17.0 Å². The third kappa shape index (κ3) is 6.02. The number of hydrogen-bond acceptors (Lipinski definition) is 6. The lowest BCUT2D eigenvalue weighted by Gasteiger charge is -2.20. The van der Waals surface area contributed by atoms with Gasteiger partial charge in [-0.25, -0.2) is 4.79 Å². The third-order valence-corrected chi connectivity index (χ3v) is 4.96. The first-order valence-electron chi connectivity index (χ1n) is 8.47. The normalized spacial score (nSPS) is 16.8. The fourth-order valence-electron chi connectivity index (χ4n) is 2.58. The van der Waals surface area contributed by atoms with Crippen LogP contribution in [0, 0.1) is 0 Å². The molecule has 0 aliphatic carbocycles. The molecular formula is C19H24N2O5S. The Morgan fingerprint density at radius 3 is 2.52 bits per heavy atom. The maximum absolute atomic E-state index is 12.1. The van der Waals surface area contributed by atoms with Gasteiger partial charge < -0.3 is 15.2 Å². The molecule has 0 radical (unpaired) electrons. The highest BCUT2D eigenvalue weighted by atomic mass is 32.2. The maximum Gasteiger partial charge on any atom is 0.412 e. The first-order chi connectivity index (χ1) is 12.6. The number of carbonyl (C=O) groups is 3. The van der Waals surface area contributed by atoms with Crippen molar-refractivity contribution in [2.75, 3.05) is 0 Å². The van der Waals surface area contributed by atoms with Gasteiger partial charge in [0.25, 0.3) is 0 Å². The lowest BCUT2D eigenvalue weighted by atomic mass is 10.00. The predicted octanol–water partition coefficient (Wildman–Crippen LogP) is 3.15. The minimum absolute atomic E-state index is 0.135. The summed E-state index contributed by atoms with van der Waals surface area (Å²) < 4.78 is 10.4. The van der Waals surface area contributed by atoms with Gasteiger partial charge in [0.15, 0.2) is 0 Å². The Bertz CT molecular complexity index is 783. The van der Waals surface area contributed by atoms with Crippen LogP contribution in [0.5, 0.6) is 0 Å². The van der Waals surface area contributed by atoms with Crippen molar-refractivity contribution in [3.63, 3.8) is 0 Å². The summed E-state index contributed by atoms with van der Waals surface area (Å²) in [7, 11) is 0. The number of alkyl carbamates (subject to hydrolysis) is 1. The Morgan fingerprint density at radius 2 is 1.93 bits per heavy atom. The lowest BCUT2D eigenvalue weighted by molar-refractivity contribution is -0.142. The minimum atomic E-state index is -0.656. The van der Waals surface area contributed by atoms with E-state index in [-0.39, 0.29) is 17.8 Å². The van der Waals surface area contributed by atoms with E-state index in [1.54, 1.807) is 20.8 Å². The van der Waals surface area contributed by atoms with Gasteiger partial charge in [-0.2, -0.15) is 0 Å². The largest absolute Gasteiger partial charge is 0.461 e. The van der Waals surface area contributed by atoms with Crippen LogP contribution >= 0.6 is 11.8 Å². The molecule has 146 valence electrons. The van der Waals surface area contributed by atoms with Gasteiger partial charge in [-0.05, 0) is 38.3 Å². The lowest BCUT2D eigenvalue weighted by Crippen LogP contribution is -2.32. The second-order valence-electron chi connectivity index (χ2n) is 7.09. The van der Waals surface area contributed by atoms with Crippen LogP contribution < -0.4 is 11.1 Å². The Labute approximate surface area is 162 Å². The number of thioether (sulfide) groups is 1. The zero-order valence-electron chi connectivity index (χ0n) is 15.8. The highest BCUT2D eigenvalue weighted by Gasteiger charge is 2.32. The fraction of sp³-hybridized carbons (Fsp3) is 0.421. The number of nitrogens with one attached hydrogen (secondary N) is 1. The summed E-state index contributed by atoms with van der Waals surface area (Å²) in [5.74, 6) is -0.958. The van der Waals surface area contributed by atoms with Crippen molar-refractivity contribution < 1.29 is 23.9 Å². The molecule has 1 atom stereocenters. The van der Waals surface area contributed by atoms with Crippen LogP contribution in [-0.4, -0.2) is 23.6 Å². The third-order valence-electron chi connectivity index (χ3n) is 3.67. The number of nitrogens with two attached hydrogens (primary N) is 1. The van der Waals surface area contributed by atoms with Crippen molar-refractivity contribution in [3.05, 3.63) is 46.0 Å². The molecule has 2 amide bonds. The molecule has 8 heteroatoms. The molecule has 0 bridgehead atoms. The van der Waals surface area contributed by atoms with Gasteiger partial charge in [-0.3, -0.25) is 14.9 Å². The molecule has 7 nitrogen and oxygen atoms in total. The highest BCUT2D eigenvalue weighted by molar-refractivity contribution is 8.03. The fourth-order valence-corrected chi connectivity index (χ4v) is 3.94. The molecule has 0 saturated heterocycles. The van der Waals surface area contributed by atoms with Crippen LogP contribution in [0.2, 0.25) is 0 Å². The standard InChI is InChI=1S/C19H24N2O5S/c1-11(22)25-10-12-7-5-6-8-13(12)15-9-14(16(20)23)17(27-15)21-18(24)26-19(2,3)4/h5-8,15H,9-10H2,1-4H3,(H2,20,23)(H,21,24). The molecule has 27 heavy (non-hydrogen) atoms. The number of ether oxygens (including phenoxy) is 2. The quantitative estimate of drug-likeness (QED) is 0.745. The van der Waals surface area contributed by atoms with Crippen molar-refractivity contribution in [2.45, 2.75) is 51.6 Å². The van der Waals surface area contributed by atoms with Crippen molar-refractivity contribution in [3.8, 4) is 0 Å². The number of benzene rings is 1. The average Bonchev–Trinajstić information content (AvgIpc) is 2.95. The zero-order valence-corrected chi connectivity index (χ0v) is 16.6. The summed E-state index contributed by atoms with van der Waals surface area (Å²) in [5, 5.41) is 2.89. The molecule has 1 aliphatic rings. The molecule has 0 spiro atoms. The van der Waals surface area contributed by atoms with E-state index in [1.165, 1.54) is 18.7 Å². The first-order valence-corrected chi connectivity index (χ1v) is 9.35. The van der Waals surface area contributed by atoms with Crippen molar-refractivity contribution in [1.29, 1.82) is 0 Å². The minimum Gasteiger partial charge on any atom is -0.461 e. The monoisotopic (exact) mass is 392 g/mol. The number of hydrogen-bond donors (Lipinski definition) is 2. The van der Waals surface area contributed by atoms with E-state index in [9.17, 15) is 14.4 Å². The Balaban J connectivity index is 2.19. The number of amides is 2. The number of rotatable bonds is 5. The molecular weight excluding hydrogens is 368 g/mol. The van der Waals surface area contributed by atoms with E-state index in [0.717, 1.165) is 11.1 Å². The molecule has 2 rings (SSSR count). The molecule has 3 N–H and O–H groups in total. The SMILES string of the molecule is CC(=O)OCc1ccccc1C1CC(C(N)=O)=C(NC(=O)OC(C)(C)C)S1. The Morgan fingerprint density at radius 1 is 1.26 bits per heavy atom. The molecule has 1 aromatic carbocycles. The summed E-state index contributed by atoms with van der Waals surface area (Å²) in [5.41, 5.74) is 6.95. The van der Waals surface area contributed by atoms with Crippen molar-refractivity contribution in [2.24, 2.45) is 5.73 Å². The van der Waals surface area contributed by atoms with Gasteiger partial charge >= 0.3 is 12.1 Å². The van der Waals surface area contributed by atoms with Crippen LogP contribution in [0.15, 0.2) is 34.9 Å². The summed E-state index contributed by atoms with van der Waals surface area (Å²) in [6.45, 7) is 6.76. The zero-order chi connectivity index (χ0) is 20.2. The van der Waals surface area contributed by atoms with Gasteiger partial charge in [0.05, 0.1) is 5.03 Å². The van der Waals surface area contributed by atoms with E-state index in [1.807, 2.05) is 24.3 Å². The van der Waals surface area contributed by atoms with Crippen LogP contribution in [0.3, 0.4) is 0 Å². The average molecular weight is 392 g/mol. The molecule has 1 aliphatic heterocycles. The second-order valence-corrected chi connectivity index (χ2v) is 8.30. The number of esters is 1. The van der Waals surface area contributed by atoms with Crippen LogP contribution in [0.4, 0.5) is 4.79 Å². The van der Waals surface area contributed by atoms with Crippen LogP contribution in [0.25, 0.3) is 0 Å². The van der Waals surface area contributed by atoms with Gasteiger partial charge in [0.2, 0.25) is 5.91 Å². The van der Waals surface area contributed by atoms with Crippen molar-refractivity contribution >= 4 is 29.7 Å². The number of primary amides is 1. The molecule has 1 aromatic rings. The van der Waals surface area contributed by atoms with E-state index in [4.69, 9.17) is 15.2 Å². The van der Waals surface area contributed by atoms with Gasteiger partial charge in [0.1, 0.15) is 12.2 Å². The molecule has 0 fully saturated rings. The summed E-state index contributed by atoms with van der Waals surface area (Å²) in [6.07, 6.45) is -0.278. The van der Waals surface area contributed by atoms with Gasteiger partial charge in [0, 0.05) is 17.7 Å². The second kappa shape index (κ2) is 8.47. The smallest absolute Gasteiger partial charge is 0.412 e. The van der Waals surface area contributed by atoms with Crippen molar-refractivity contribution in [1.82, 2.24) is 5.32 Å². The van der Waals surface area contributed by atoms with E-state index >= 15 is 0 Å². The van der Waals surface area contributed by atoms with Gasteiger partial charge in [-0.15, -0.1) is 0 Å². The molecule has 0 aromatic heterocycles. The molecule has 1 heterocycles. The van der Waals surface area contributed by atoms with Gasteiger partial charge in [-0.1, -0.05) is 36.0 Å². The topological polar surface area (TPSA) is 108 Å². The molecule has 0 saturated carbocycles. The highest BCUT2D eigenvalue weighted by Crippen LogP contribution is 2.47. The Hall–Kier alpha value is -2.48. The van der Waals surface area contributed by atoms with Crippen LogP contribution in [0.1, 0.15) is 50.5 Å². The van der Waals surface area contributed by atoms with E-state index in [2.05, 4.69) is 5.32 Å². The van der Waals surface area contributed by atoms with E-state index < -0.39 is 17.6 Å². The first kappa shape index (κ1) is 20.8. The summed E-state index contributed by atoms with van der Waals surface area (Å²) in [4.78, 5) is 35.0.